The van der Waals surface area contributed by atoms with Crippen LogP contribution >= 0.6 is 0 Å². The van der Waals surface area contributed by atoms with E-state index in [1.165, 1.54) is 13.2 Å². The largest absolute Gasteiger partial charge is 0.494 e. The third-order valence-corrected chi connectivity index (χ3v) is 4.63. The SMILES string of the molecule is COc1ccc(-c2cc(C)nn2-c2ccc(S(C)=O)cc2)cc1F. The van der Waals surface area contributed by atoms with Crippen LogP contribution in [0.5, 0.6) is 5.75 Å². The lowest BCUT2D eigenvalue weighted by Gasteiger charge is -2.09. The number of aryl methyl sites for hydroxylation is 1. The first-order chi connectivity index (χ1) is 11.5. The average molecular weight is 344 g/mol. The minimum Gasteiger partial charge on any atom is -0.494 e. The Kier molecular flexibility index (Phi) is 4.49. The van der Waals surface area contributed by atoms with Crippen LogP contribution in [-0.4, -0.2) is 27.4 Å². The molecule has 3 rings (SSSR count). The van der Waals surface area contributed by atoms with E-state index >= 15 is 0 Å². The van der Waals surface area contributed by atoms with Crippen molar-refractivity contribution in [1.82, 2.24) is 9.78 Å². The Labute approximate surface area is 142 Å². The van der Waals surface area contributed by atoms with Crippen LogP contribution in [0.15, 0.2) is 53.4 Å². The third-order valence-electron chi connectivity index (χ3n) is 3.69. The van der Waals surface area contributed by atoms with Gasteiger partial charge in [-0.1, -0.05) is 0 Å². The summed E-state index contributed by atoms with van der Waals surface area (Å²) in [5, 5.41) is 4.49. The minimum absolute atomic E-state index is 0.205. The lowest BCUT2D eigenvalue weighted by atomic mass is 10.1. The summed E-state index contributed by atoms with van der Waals surface area (Å²) in [6.45, 7) is 1.88. The monoisotopic (exact) mass is 344 g/mol. The minimum atomic E-state index is -1.03. The predicted octanol–water partition coefficient (Wildman–Crippen LogP) is 3.73. The van der Waals surface area contributed by atoms with Gasteiger partial charge in [-0.15, -0.1) is 0 Å². The molecule has 124 valence electrons. The number of hydrogen-bond acceptors (Lipinski definition) is 3. The van der Waals surface area contributed by atoms with Crippen LogP contribution in [-0.2, 0) is 10.8 Å². The van der Waals surface area contributed by atoms with Crippen LogP contribution in [0.4, 0.5) is 4.39 Å². The third kappa shape index (κ3) is 3.10. The molecule has 0 N–H and O–H groups in total. The molecule has 6 heteroatoms. The van der Waals surface area contributed by atoms with E-state index in [0.29, 0.717) is 5.56 Å². The molecular weight excluding hydrogens is 327 g/mol. The molecule has 0 amide bonds. The molecule has 1 heterocycles. The van der Waals surface area contributed by atoms with Crippen molar-refractivity contribution in [2.24, 2.45) is 0 Å². The molecule has 1 unspecified atom stereocenters. The molecule has 0 aliphatic carbocycles. The van der Waals surface area contributed by atoms with E-state index in [9.17, 15) is 8.60 Å². The van der Waals surface area contributed by atoms with Crippen LogP contribution in [0.2, 0.25) is 0 Å². The van der Waals surface area contributed by atoms with Gasteiger partial charge in [-0.05, 0) is 55.5 Å². The number of benzene rings is 2. The molecule has 1 aromatic heterocycles. The molecule has 0 saturated heterocycles. The first-order valence-corrected chi connectivity index (χ1v) is 8.90. The highest BCUT2D eigenvalue weighted by atomic mass is 32.2. The van der Waals surface area contributed by atoms with E-state index < -0.39 is 16.6 Å². The molecule has 24 heavy (non-hydrogen) atoms. The fraction of sp³-hybridized carbons (Fsp3) is 0.167. The van der Waals surface area contributed by atoms with Gasteiger partial charge in [-0.25, -0.2) is 9.07 Å². The average Bonchev–Trinajstić information content (AvgIpc) is 2.96. The van der Waals surface area contributed by atoms with Crippen LogP contribution in [0.1, 0.15) is 5.69 Å². The molecule has 0 saturated carbocycles. The summed E-state index contributed by atoms with van der Waals surface area (Å²) in [6, 6.07) is 14.0. The second-order valence-corrected chi connectivity index (χ2v) is 6.76. The van der Waals surface area contributed by atoms with Gasteiger partial charge in [0.25, 0.3) is 0 Å². The van der Waals surface area contributed by atoms with Gasteiger partial charge in [0.15, 0.2) is 11.6 Å². The maximum absolute atomic E-state index is 14.0. The van der Waals surface area contributed by atoms with Crippen LogP contribution in [0.25, 0.3) is 16.9 Å². The number of hydrogen-bond donors (Lipinski definition) is 0. The molecule has 4 nitrogen and oxygen atoms in total. The highest BCUT2D eigenvalue weighted by Gasteiger charge is 2.13. The molecule has 0 aliphatic heterocycles. The van der Waals surface area contributed by atoms with Gasteiger partial charge in [0, 0.05) is 27.5 Å². The Morgan fingerprint density at radius 2 is 1.83 bits per heavy atom. The molecular formula is C18H17FN2O2S. The molecule has 1 atom stereocenters. The zero-order chi connectivity index (χ0) is 17.3. The lowest BCUT2D eigenvalue weighted by Crippen LogP contribution is -2.00. The zero-order valence-electron chi connectivity index (χ0n) is 13.6. The molecule has 0 fully saturated rings. The number of rotatable bonds is 4. The molecule has 3 aromatic rings. The Hall–Kier alpha value is -2.47. The fourth-order valence-corrected chi connectivity index (χ4v) is 3.03. The Balaban J connectivity index is 2.08. The van der Waals surface area contributed by atoms with Gasteiger partial charge < -0.3 is 4.74 Å². The Morgan fingerprint density at radius 1 is 1.12 bits per heavy atom. The van der Waals surface area contributed by atoms with Crippen molar-refractivity contribution < 1.29 is 13.3 Å². The van der Waals surface area contributed by atoms with Crippen molar-refractivity contribution in [2.75, 3.05) is 13.4 Å². The van der Waals surface area contributed by atoms with Crippen LogP contribution in [0, 0.1) is 12.7 Å². The molecule has 0 aliphatic rings. The lowest BCUT2D eigenvalue weighted by molar-refractivity contribution is 0.386. The van der Waals surface area contributed by atoms with Gasteiger partial charge in [0.1, 0.15) is 0 Å². The highest BCUT2D eigenvalue weighted by molar-refractivity contribution is 7.84. The van der Waals surface area contributed by atoms with E-state index in [2.05, 4.69) is 5.10 Å². The van der Waals surface area contributed by atoms with Crippen molar-refractivity contribution in [3.8, 4) is 22.7 Å². The smallest absolute Gasteiger partial charge is 0.165 e. The summed E-state index contributed by atoms with van der Waals surface area (Å²) < 4.78 is 32.3. The van der Waals surface area contributed by atoms with Gasteiger partial charge in [0.2, 0.25) is 0 Å². The van der Waals surface area contributed by atoms with Gasteiger partial charge in [-0.3, -0.25) is 4.21 Å². The standard InChI is InChI=1S/C18H17FN2O2S/c1-12-10-17(13-4-9-18(23-2)16(19)11-13)21(20-12)14-5-7-15(8-6-14)24(3)22/h4-11H,1-3H3. The second kappa shape index (κ2) is 6.57. The number of methoxy groups -OCH3 is 1. The van der Waals surface area contributed by atoms with Crippen molar-refractivity contribution in [1.29, 1.82) is 0 Å². The first kappa shape index (κ1) is 16.4. The van der Waals surface area contributed by atoms with E-state index in [-0.39, 0.29) is 5.75 Å². The number of ether oxygens (including phenoxy) is 1. The van der Waals surface area contributed by atoms with E-state index in [4.69, 9.17) is 4.74 Å². The van der Waals surface area contributed by atoms with Crippen LogP contribution < -0.4 is 4.74 Å². The normalized spacial score (nSPS) is 12.2. The molecule has 0 spiro atoms. The van der Waals surface area contributed by atoms with E-state index in [1.54, 1.807) is 35.2 Å². The Bertz CT molecular complexity index is 904. The maximum atomic E-state index is 14.0. The van der Waals surface area contributed by atoms with Gasteiger partial charge in [0.05, 0.1) is 24.2 Å². The number of aromatic nitrogens is 2. The summed E-state index contributed by atoms with van der Waals surface area (Å²) in [5.41, 5.74) is 3.13. The quantitative estimate of drug-likeness (QED) is 0.724. The highest BCUT2D eigenvalue weighted by Crippen LogP contribution is 2.28. The predicted molar refractivity (Wildman–Crippen MR) is 92.6 cm³/mol. The topological polar surface area (TPSA) is 44.1 Å². The van der Waals surface area contributed by atoms with E-state index in [0.717, 1.165) is 22.0 Å². The Morgan fingerprint density at radius 3 is 2.42 bits per heavy atom. The van der Waals surface area contributed by atoms with E-state index in [1.807, 2.05) is 25.1 Å². The van der Waals surface area contributed by atoms with Crippen molar-refractivity contribution >= 4 is 10.8 Å². The van der Waals surface area contributed by atoms with Crippen molar-refractivity contribution in [3.05, 3.63) is 60.0 Å². The van der Waals surface area contributed by atoms with Crippen molar-refractivity contribution in [3.63, 3.8) is 0 Å². The number of nitrogens with zero attached hydrogens (tertiary/aromatic N) is 2. The first-order valence-electron chi connectivity index (χ1n) is 7.34. The number of halogens is 1. The molecule has 0 bridgehead atoms. The zero-order valence-corrected chi connectivity index (χ0v) is 14.4. The summed E-state index contributed by atoms with van der Waals surface area (Å²) in [7, 11) is 0.406. The van der Waals surface area contributed by atoms with Gasteiger partial charge in [-0.2, -0.15) is 5.10 Å². The summed E-state index contributed by atoms with van der Waals surface area (Å²) in [5.74, 6) is -0.214. The summed E-state index contributed by atoms with van der Waals surface area (Å²) >= 11 is 0. The summed E-state index contributed by atoms with van der Waals surface area (Å²) in [6.07, 6.45) is 1.64. The van der Waals surface area contributed by atoms with Gasteiger partial charge >= 0.3 is 0 Å². The second-order valence-electron chi connectivity index (χ2n) is 5.38. The van der Waals surface area contributed by atoms with Crippen molar-refractivity contribution in [2.45, 2.75) is 11.8 Å². The summed E-state index contributed by atoms with van der Waals surface area (Å²) in [4.78, 5) is 0.750. The van der Waals surface area contributed by atoms with Crippen LogP contribution in [0.3, 0.4) is 0 Å². The molecule has 2 aromatic carbocycles. The molecule has 0 radical (unpaired) electrons. The fourth-order valence-electron chi connectivity index (χ4n) is 2.51. The maximum Gasteiger partial charge on any atom is 0.165 e.